The third kappa shape index (κ3) is 5.34. The van der Waals surface area contributed by atoms with Gasteiger partial charge in [-0.1, -0.05) is 0 Å². The van der Waals surface area contributed by atoms with Crippen LogP contribution in [0.25, 0.3) is 0 Å². The number of carbonyl (C=O) groups is 1. The number of anilines is 2. The molecule has 0 unspecified atom stereocenters. The fourth-order valence-corrected chi connectivity index (χ4v) is 3.62. The first kappa shape index (κ1) is 20.4. The fraction of sp³-hybridized carbons (Fsp3) is 0.450. The summed E-state index contributed by atoms with van der Waals surface area (Å²) in [6.45, 7) is 5.04. The van der Waals surface area contributed by atoms with Crippen molar-refractivity contribution >= 4 is 33.5 Å². The lowest BCUT2D eigenvalue weighted by Crippen LogP contribution is -2.31. The van der Waals surface area contributed by atoms with Gasteiger partial charge in [0.05, 0.1) is 12.7 Å². The van der Waals surface area contributed by atoms with Crippen LogP contribution in [0.4, 0.5) is 11.6 Å². The summed E-state index contributed by atoms with van der Waals surface area (Å²) in [4.78, 5) is 23.7. The van der Waals surface area contributed by atoms with Crippen LogP contribution < -0.4 is 20.3 Å². The average molecular weight is 448 g/mol. The first-order chi connectivity index (χ1) is 13.6. The van der Waals surface area contributed by atoms with Crippen molar-refractivity contribution in [1.82, 2.24) is 15.3 Å². The van der Waals surface area contributed by atoms with E-state index in [2.05, 4.69) is 41.4 Å². The highest BCUT2D eigenvalue weighted by Gasteiger charge is 2.14. The predicted octanol–water partition coefficient (Wildman–Crippen LogP) is 3.39. The molecule has 2 N–H and O–H groups in total. The molecule has 1 aliphatic heterocycles. The number of carbonyl (C=O) groups excluding carboxylic acids is 1. The standard InChI is InChI=1S/C20H26BrN5O2/c1-14-24-18(13-19(25-14)26-10-4-3-5-11-26)22-8-9-23-20(27)16-12-15(28-2)6-7-17(16)21/h6-7,12-13H,3-5,8-11H2,1-2H3,(H,23,27)(H,22,24,25). The minimum Gasteiger partial charge on any atom is -0.497 e. The van der Waals surface area contributed by atoms with Crippen LogP contribution in [0.15, 0.2) is 28.7 Å². The van der Waals surface area contributed by atoms with Gasteiger partial charge in [-0.15, -0.1) is 0 Å². The Balaban J connectivity index is 1.54. The van der Waals surface area contributed by atoms with E-state index in [1.807, 2.05) is 13.0 Å². The Morgan fingerprint density at radius 1 is 1.18 bits per heavy atom. The molecule has 1 amide bonds. The zero-order chi connectivity index (χ0) is 19.9. The third-order valence-electron chi connectivity index (χ3n) is 4.64. The summed E-state index contributed by atoms with van der Waals surface area (Å²) in [7, 11) is 1.58. The van der Waals surface area contributed by atoms with Crippen LogP contribution in [-0.4, -0.2) is 49.2 Å². The number of aryl methyl sites for hydroxylation is 1. The van der Waals surface area contributed by atoms with E-state index in [0.717, 1.165) is 35.0 Å². The average Bonchev–Trinajstić information content (AvgIpc) is 2.71. The van der Waals surface area contributed by atoms with Gasteiger partial charge in [0.2, 0.25) is 0 Å². The van der Waals surface area contributed by atoms with Crippen molar-refractivity contribution in [2.24, 2.45) is 0 Å². The smallest absolute Gasteiger partial charge is 0.252 e. The highest BCUT2D eigenvalue weighted by Crippen LogP contribution is 2.22. The van der Waals surface area contributed by atoms with E-state index in [4.69, 9.17) is 4.74 Å². The van der Waals surface area contributed by atoms with Crippen LogP contribution in [0.1, 0.15) is 35.4 Å². The molecule has 0 saturated carbocycles. The summed E-state index contributed by atoms with van der Waals surface area (Å²) in [5, 5.41) is 6.19. The fourth-order valence-electron chi connectivity index (χ4n) is 3.19. The maximum atomic E-state index is 12.4. The SMILES string of the molecule is COc1ccc(Br)c(C(=O)NCCNc2cc(N3CCCCC3)nc(C)n2)c1. The van der Waals surface area contributed by atoms with E-state index in [1.165, 1.54) is 19.3 Å². The second-order valence-electron chi connectivity index (χ2n) is 6.73. The number of aromatic nitrogens is 2. The molecule has 1 aromatic heterocycles. The molecular weight excluding hydrogens is 422 g/mol. The Hall–Kier alpha value is -2.35. The summed E-state index contributed by atoms with van der Waals surface area (Å²) in [5.41, 5.74) is 0.546. The predicted molar refractivity (Wildman–Crippen MR) is 114 cm³/mol. The van der Waals surface area contributed by atoms with Gasteiger partial charge in [-0.05, 0) is 60.3 Å². The lowest BCUT2D eigenvalue weighted by molar-refractivity contribution is 0.0954. The van der Waals surface area contributed by atoms with Gasteiger partial charge in [0.1, 0.15) is 23.2 Å². The van der Waals surface area contributed by atoms with Gasteiger partial charge in [-0.25, -0.2) is 9.97 Å². The molecule has 0 bridgehead atoms. The van der Waals surface area contributed by atoms with E-state index in [1.54, 1.807) is 25.3 Å². The molecule has 3 rings (SSSR count). The summed E-state index contributed by atoms with van der Waals surface area (Å²) < 4.78 is 5.92. The minimum atomic E-state index is -0.152. The number of amides is 1. The molecule has 2 heterocycles. The van der Waals surface area contributed by atoms with E-state index in [9.17, 15) is 4.79 Å². The van der Waals surface area contributed by atoms with Gasteiger partial charge in [-0.2, -0.15) is 0 Å². The monoisotopic (exact) mass is 447 g/mol. The number of ether oxygens (including phenoxy) is 1. The van der Waals surface area contributed by atoms with Gasteiger partial charge in [0.15, 0.2) is 0 Å². The number of methoxy groups -OCH3 is 1. The minimum absolute atomic E-state index is 0.152. The number of nitrogens with one attached hydrogen (secondary N) is 2. The quantitative estimate of drug-likeness (QED) is 0.633. The third-order valence-corrected chi connectivity index (χ3v) is 5.33. The molecular formula is C20H26BrN5O2. The van der Waals surface area contributed by atoms with Crippen molar-refractivity contribution in [1.29, 1.82) is 0 Å². The molecule has 1 aliphatic rings. The second kappa shape index (κ2) is 9.73. The Bertz CT molecular complexity index is 824. The normalized spacial score (nSPS) is 13.9. The molecule has 2 aromatic rings. The molecule has 0 aliphatic carbocycles. The van der Waals surface area contributed by atoms with Gasteiger partial charge in [0.25, 0.3) is 5.91 Å². The lowest BCUT2D eigenvalue weighted by atomic mass is 10.1. The summed E-state index contributed by atoms with van der Waals surface area (Å²) in [5.74, 6) is 2.99. The van der Waals surface area contributed by atoms with Gasteiger partial charge in [-0.3, -0.25) is 4.79 Å². The topological polar surface area (TPSA) is 79.4 Å². The van der Waals surface area contributed by atoms with Crippen molar-refractivity contribution in [3.8, 4) is 5.75 Å². The van der Waals surface area contributed by atoms with Crippen molar-refractivity contribution in [2.75, 3.05) is 43.5 Å². The molecule has 0 spiro atoms. The number of halogens is 1. The zero-order valence-electron chi connectivity index (χ0n) is 16.3. The van der Waals surface area contributed by atoms with E-state index in [-0.39, 0.29) is 5.91 Å². The molecule has 28 heavy (non-hydrogen) atoms. The van der Waals surface area contributed by atoms with Gasteiger partial charge >= 0.3 is 0 Å². The molecule has 1 aromatic carbocycles. The maximum absolute atomic E-state index is 12.4. The van der Waals surface area contributed by atoms with Crippen LogP contribution in [0.3, 0.4) is 0 Å². The molecule has 150 valence electrons. The molecule has 0 radical (unpaired) electrons. The summed E-state index contributed by atoms with van der Waals surface area (Å²) in [6, 6.07) is 7.31. The number of hydrogen-bond donors (Lipinski definition) is 2. The summed E-state index contributed by atoms with van der Waals surface area (Å²) in [6.07, 6.45) is 3.70. The largest absolute Gasteiger partial charge is 0.497 e. The lowest BCUT2D eigenvalue weighted by Gasteiger charge is -2.28. The number of benzene rings is 1. The number of nitrogens with zero attached hydrogens (tertiary/aromatic N) is 3. The molecule has 7 nitrogen and oxygen atoms in total. The first-order valence-electron chi connectivity index (χ1n) is 9.53. The van der Waals surface area contributed by atoms with Crippen LogP contribution in [0.2, 0.25) is 0 Å². The molecule has 1 saturated heterocycles. The van der Waals surface area contributed by atoms with Crippen LogP contribution >= 0.6 is 15.9 Å². The molecule has 0 atom stereocenters. The maximum Gasteiger partial charge on any atom is 0.252 e. The molecule has 8 heteroatoms. The van der Waals surface area contributed by atoms with Crippen LogP contribution in [-0.2, 0) is 0 Å². The Morgan fingerprint density at radius 2 is 1.96 bits per heavy atom. The van der Waals surface area contributed by atoms with Gasteiger partial charge in [0, 0.05) is 36.7 Å². The van der Waals surface area contributed by atoms with Crippen LogP contribution in [0, 0.1) is 6.92 Å². The van der Waals surface area contributed by atoms with Crippen molar-refractivity contribution in [3.05, 3.63) is 40.1 Å². The summed E-state index contributed by atoms with van der Waals surface area (Å²) >= 11 is 3.41. The number of hydrogen-bond acceptors (Lipinski definition) is 6. The Labute approximate surface area is 174 Å². The van der Waals surface area contributed by atoms with E-state index < -0.39 is 0 Å². The van der Waals surface area contributed by atoms with Crippen molar-refractivity contribution < 1.29 is 9.53 Å². The van der Waals surface area contributed by atoms with E-state index >= 15 is 0 Å². The van der Waals surface area contributed by atoms with E-state index in [0.29, 0.717) is 24.4 Å². The highest BCUT2D eigenvalue weighted by molar-refractivity contribution is 9.10. The first-order valence-corrected chi connectivity index (χ1v) is 10.3. The van der Waals surface area contributed by atoms with Crippen molar-refractivity contribution in [3.63, 3.8) is 0 Å². The second-order valence-corrected chi connectivity index (χ2v) is 7.59. The Morgan fingerprint density at radius 3 is 2.71 bits per heavy atom. The number of piperidine rings is 1. The van der Waals surface area contributed by atoms with Crippen molar-refractivity contribution in [2.45, 2.75) is 26.2 Å². The Kier molecular flexibility index (Phi) is 7.08. The molecule has 1 fully saturated rings. The highest BCUT2D eigenvalue weighted by atomic mass is 79.9. The van der Waals surface area contributed by atoms with Crippen LogP contribution in [0.5, 0.6) is 5.75 Å². The zero-order valence-corrected chi connectivity index (χ0v) is 17.9. The number of rotatable bonds is 7. The van der Waals surface area contributed by atoms with Gasteiger partial charge < -0.3 is 20.3 Å².